The predicted molar refractivity (Wildman–Crippen MR) is 87.3 cm³/mol. The Balaban J connectivity index is 2.12. The van der Waals surface area contributed by atoms with Crippen LogP contribution in [0.5, 0.6) is 0 Å². The van der Waals surface area contributed by atoms with E-state index in [4.69, 9.17) is 27.6 Å². The largest absolute Gasteiger partial charge is 0.397 e. The lowest BCUT2D eigenvalue weighted by molar-refractivity contribution is -0.0965. The molecule has 2 aromatic heterocycles. The van der Waals surface area contributed by atoms with Crippen molar-refractivity contribution in [1.82, 2.24) is 4.98 Å². The van der Waals surface area contributed by atoms with Crippen LogP contribution in [0.1, 0.15) is 11.7 Å². The molecule has 8 nitrogen and oxygen atoms in total. The highest BCUT2D eigenvalue weighted by molar-refractivity contribution is 7.18. The number of halogens is 1. The molecule has 122 valence electrons. The zero-order chi connectivity index (χ0) is 16.6. The van der Waals surface area contributed by atoms with Crippen LogP contribution in [0.3, 0.4) is 0 Å². The Bertz CT molecular complexity index is 774. The molecule has 0 spiro atoms. The van der Waals surface area contributed by atoms with E-state index in [1.54, 1.807) is 17.6 Å². The zero-order valence-corrected chi connectivity index (χ0v) is 13.4. The molecule has 1 saturated heterocycles. The molecule has 0 aromatic carbocycles. The van der Waals surface area contributed by atoms with Crippen LogP contribution in [-0.2, 0) is 4.74 Å². The standard InChI is InChI=1S/C13H14ClN5O3S/c14-4-13(5-20)12(21)9(18-19-16)10(22-13)6-3-23-11-7(15)1-2-17-8(6)11/h1-3,9-10,12,20-21H,4-5H2,(H2,15,17)/t9-,10-,12-,13+/m0/s1. The van der Waals surface area contributed by atoms with Crippen molar-refractivity contribution in [2.45, 2.75) is 23.9 Å². The Morgan fingerprint density at radius 3 is 3.04 bits per heavy atom. The number of pyridine rings is 1. The number of aliphatic hydroxyl groups excluding tert-OH is 2. The van der Waals surface area contributed by atoms with E-state index in [1.807, 2.05) is 0 Å². The van der Waals surface area contributed by atoms with Gasteiger partial charge in [0.2, 0.25) is 0 Å². The minimum Gasteiger partial charge on any atom is -0.397 e. The SMILES string of the molecule is [N-]=[N+]=N[C@H]1[C@H](c2csc3c(N)ccnc23)O[C@@](CO)(CCl)[C@H]1O. The number of hydrogen-bond donors (Lipinski definition) is 3. The maximum atomic E-state index is 10.5. The Labute approximate surface area is 140 Å². The molecule has 4 atom stereocenters. The molecule has 3 heterocycles. The van der Waals surface area contributed by atoms with Gasteiger partial charge in [-0.15, -0.1) is 22.9 Å². The van der Waals surface area contributed by atoms with Gasteiger partial charge in [0.15, 0.2) is 0 Å². The Morgan fingerprint density at radius 2 is 2.39 bits per heavy atom. The summed E-state index contributed by atoms with van der Waals surface area (Å²) in [7, 11) is 0. The predicted octanol–water partition coefficient (Wildman–Crippen LogP) is 1.96. The van der Waals surface area contributed by atoms with Gasteiger partial charge in [0, 0.05) is 16.7 Å². The number of nitrogens with zero attached hydrogens (tertiary/aromatic N) is 4. The van der Waals surface area contributed by atoms with Gasteiger partial charge in [-0.3, -0.25) is 4.98 Å². The van der Waals surface area contributed by atoms with Gasteiger partial charge >= 0.3 is 0 Å². The third kappa shape index (κ3) is 2.42. The van der Waals surface area contributed by atoms with Crippen LogP contribution in [-0.4, -0.2) is 45.4 Å². The van der Waals surface area contributed by atoms with Crippen LogP contribution in [0, 0.1) is 0 Å². The fraction of sp³-hybridized carbons (Fsp3) is 0.462. The molecule has 4 N–H and O–H groups in total. The van der Waals surface area contributed by atoms with Gasteiger partial charge in [-0.1, -0.05) is 5.11 Å². The number of fused-ring (bicyclic) bond motifs is 1. The Kier molecular flexibility index (Phi) is 4.33. The average Bonchev–Trinajstić information content (AvgIpc) is 3.10. The van der Waals surface area contributed by atoms with Crippen LogP contribution < -0.4 is 5.73 Å². The molecule has 0 saturated carbocycles. The minimum atomic E-state index is -1.39. The van der Waals surface area contributed by atoms with E-state index in [-0.39, 0.29) is 5.88 Å². The number of hydrogen-bond acceptors (Lipinski definition) is 7. The van der Waals surface area contributed by atoms with Crippen molar-refractivity contribution in [3.05, 3.63) is 33.6 Å². The van der Waals surface area contributed by atoms with Crippen molar-refractivity contribution in [1.29, 1.82) is 0 Å². The van der Waals surface area contributed by atoms with E-state index in [9.17, 15) is 10.2 Å². The van der Waals surface area contributed by atoms with Crippen molar-refractivity contribution in [3.63, 3.8) is 0 Å². The van der Waals surface area contributed by atoms with Gasteiger partial charge in [-0.05, 0) is 17.0 Å². The van der Waals surface area contributed by atoms with Gasteiger partial charge < -0.3 is 20.7 Å². The van der Waals surface area contributed by atoms with Gasteiger partial charge in [0.1, 0.15) is 5.60 Å². The number of anilines is 1. The molecule has 0 unspecified atom stereocenters. The lowest BCUT2D eigenvalue weighted by atomic mass is 9.94. The van der Waals surface area contributed by atoms with Crippen molar-refractivity contribution in [3.8, 4) is 0 Å². The maximum Gasteiger partial charge on any atom is 0.132 e. The molecular weight excluding hydrogens is 342 g/mol. The van der Waals surface area contributed by atoms with Gasteiger partial charge in [0.05, 0.1) is 46.6 Å². The zero-order valence-electron chi connectivity index (χ0n) is 11.8. The summed E-state index contributed by atoms with van der Waals surface area (Å²) in [6, 6.07) is 0.765. The van der Waals surface area contributed by atoms with Crippen molar-refractivity contribution < 1.29 is 14.9 Å². The molecular formula is C13H14ClN5O3S. The number of thiophene rings is 1. The summed E-state index contributed by atoms with van der Waals surface area (Å²) < 4.78 is 6.63. The second-order valence-corrected chi connectivity index (χ2v) is 6.45. The first-order chi connectivity index (χ1) is 11.1. The van der Waals surface area contributed by atoms with E-state index in [0.717, 1.165) is 4.70 Å². The summed E-state index contributed by atoms with van der Waals surface area (Å²) in [5.74, 6) is -0.143. The fourth-order valence-corrected chi connectivity index (χ4v) is 4.04. The maximum absolute atomic E-state index is 10.5. The summed E-state index contributed by atoms with van der Waals surface area (Å²) in [5.41, 5.74) is 15.2. The van der Waals surface area contributed by atoms with Crippen LogP contribution in [0.2, 0.25) is 0 Å². The first-order valence-electron chi connectivity index (χ1n) is 6.76. The molecule has 1 fully saturated rings. The second kappa shape index (κ2) is 6.12. The third-order valence-corrected chi connectivity index (χ3v) is 5.52. The highest BCUT2D eigenvalue weighted by atomic mass is 35.5. The molecule has 0 aliphatic carbocycles. The van der Waals surface area contributed by atoms with E-state index in [2.05, 4.69) is 15.0 Å². The number of nitrogen functional groups attached to an aromatic ring is 1. The van der Waals surface area contributed by atoms with Crippen LogP contribution in [0.15, 0.2) is 22.8 Å². The molecule has 10 heteroatoms. The molecule has 0 amide bonds. The lowest BCUT2D eigenvalue weighted by Crippen LogP contribution is -2.47. The quantitative estimate of drug-likeness (QED) is 0.333. The molecule has 0 radical (unpaired) electrons. The summed E-state index contributed by atoms with van der Waals surface area (Å²) in [6.45, 7) is -0.497. The number of aromatic nitrogens is 1. The van der Waals surface area contributed by atoms with Gasteiger partial charge in [-0.25, -0.2) is 0 Å². The van der Waals surface area contributed by atoms with Gasteiger partial charge in [0.25, 0.3) is 0 Å². The Hall–Kier alpha value is -1.61. The number of rotatable bonds is 4. The highest BCUT2D eigenvalue weighted by Gasteiger charge is 2.54. The number of ether oxygens (including phenoxy) is 1. The normalized spacial score (nSPS) is 30.5. The Morgan fingerprint density at radius 1 is 1.61 bits per heavy atom. The second-order valence-electron chi connectivity index (χ2n) is 5.30. The van der Waals surface area contributed by atoms with Crippen LogP contribution in [0.25, 0.3) is 20.7 Å². The summed E-state index contributed by atoms with van der Waals surface area (Å²) in [6.07, 6.45) is -0.431. The smallest absolute Gasteiger partial charge is 0.132 e. The molecule has 0 bridgehead atoms. The monoisotopic (exact) mass is 355 g/mol. The molecule has 1 aliphatic rings. The van der Waals surface area contributed by atoms with Crippen LogP contribution in [0.4, 0.5) is 5.69 Å². The van der Waals surface area contributed by atoms with Crippen LogP contribution >= 0.6 is 22.9 Å². The summed E-state index contributed by atoms with van der Waals surface area (Å²) in [5, 5.41) is 25.5. The van der Waals surface area contributed by atoms with E-state index >= 15 is 0 Å². The molecule has 3 rings (SSSR count). The van der Waals surface area contributed by atoms with Crippen molar-refractivity contribution in [2.75, 3.05) is 18.2 Å². The number of azide groups is 1. The first kappa shape index (κ1) is 16.3. The summed E-state index contributed by atoms with van der Waals surface area (Å²) >= 11 is 7.27. The number of nitrogens with two attached hydrogens (primary N) is 1. The van der Waals surface area contributed by atoms with Gasteiger partial charge in [-0.2, -0.15) is 0 Å². The third-order valence-electron chi connectivity index (χ3n) is 4.03. The van der Waals surface area contributed by atoms with Crippen molar-refractivity contribution >= 4 is 38.8 Å². The van der Waals surface area contributed by atoms with E-state index in [1.165, 1.54) is 11.3 Å². The van der Waals surface area contributed by atoms with Crippen molar-refractivity contribution in [2.24, 2.45) is 5.11 Å². The highest BCUT2D eigenvalue weighted by Crippen LogP contribution is 2.45. The summed E-state index contributed by atoms with van der Waals surface area (Å²) in [4.78, 5) is 7.08. The average molecular weight is 356 g/mol. The van der Waals surface area contributed by atoms with E-state index < -0.39 is 30.5 Å². The first-order valence-corrected chi connectivity index (χ1v) is 8.18. The minimum absolute atomic E-state index is 0.143. The number of aliphatic hydroxyl groups is 2. The fourth-order valence-electron chi connectivity index (χ4n) is 2.76. The molecule has 1 aliphatic heterocycles. The molecule has 2 aromatic rings. The lowest BCUT2D eigenvalue weighted by Gasteiger charge is -2.27. The number of alkyl halides is 1. The molecule has 23 heavy (non-hydrogen) atoms. The van der Waals surface area contributed by atoms with E-state index in [0.29, 0.717) is 16.8 Å². The topological polar surface area (TPSA) is 137 Å².